The minimum atomic E-state index is -0.588. The number of carbonyl (C=O) groups excluding carboxylic acids is 1. The SMILES string of the molecule is CCOC(=O)C(C)(CCCN1CCc2ccccc21)NC. The van der Waals surface area contributed by atoms with E-state index in [1.54, 1.807) is 0 Å². The smallest absolute Gasteiger partial charge is 0.326 e. The zero-order valence-corrected chi connectivity index (χ0v) is 13.3. The normalized spacial score (nSPS) is 16.4. The number of ether oxygens (including phenoxy) is 1. The van der Waals surface area contributed by atoms with Gasteiger partial charge in [0.05, 0.1) is 6.61 Å². The molecule has 0 aliphatic carbocycles. The number of hydrogen-bond donors (Lipinski definition) is 1. The molecule has 0 spiro atoms. The van der Waals surface area contributed by atoms with E-state index in [-0.39, 0.29) is 5.97 Å². The van der Waals surface area contributed by atoms with Gasteiger partial charge in [-0.05, 0) is 51.8 Å². The third-order valence-electron chi connectivity index (χ3n) is 4.37. The standard InChI is InChI=1S/C17H26N2O2/c1-4-21-16(20)17(2,18-3)11-7-12-19-13-10-14-8-5-6-9-15(14)19/h5-6,8-9,18H,4,7,10-13H2,1-3H3. The molecule has 116 valence electrons. The largest absolute Gasteiger partial charge is 0.465 e. The molecule has 0 radical (unpaired) electrons. The zero-order valence-electron chi connectivity index (χ0n) is 13.3. The molecule has 1 aliphatic heterocycles. The molecule has 1 atom stereocenters. The molecule has 1 unspecified atom stereocenters. The number of esters is 1. The Bertz CT molecular complexity index is 489. The summed E-state index contributed by atoms with van der Waals surface area (Å²) >= 11 is 0. The molecule has 2 rings (SSSR count). The summed E-state index contributed by atoms with van der Waals surface area (Å²) in [5.41, 5.74) is 2.19. The monoisotopic (exact) mass is 290 g/mol. The number of hydrogen-bond acceptors (Lipinski definition) is 4. The predicted molar refractivity (Wildman–Crippen MR) is 85.7 cm³/mol. The molecular weight excluding hydrogens is 264 g/mol. The van der Waals surface area contributed by atoms with Crippen molar-refractivity contribution < 1.29 is 9.53 Å². The van der Waals surface area contributed by atoms with Crippen LogP contribution in [0, 0.1) is 0 Å². The molecule has 0 saturated carbocycles. The minimum absolute atomic E-state index is 0.158. The molecule has 4 heteroatoms. The Kier molecular flexibility index (Phi) is 5.23. The molecule has 1 aliphatic rings. The van der Waals surface area contributed by atoms with Crippen molar-refractivity contribution in [1.29, 1.82) is 0 Å². The molecule has 0 bridgehead atoms. The first kappa shape index (κ1) is 15.8. The van der Waals surface area contributed by atoms with E-state index in [1.165, 1.54) is 11.3 Å². The number of benzene rings is 1. The van der Waals surface area contributed by atoms with Crippen molar-refractivity contribution in [3.05, 3.63) is 29.8 Å². The van der Waals surface area contributed by atoms with Gasteiger partial charge in [0.15, 0.2) is 0 Å². The first-order chi connectivity index (χ1) is 10.1. The highest BCUT2D eigenvalue weighted by Crippen LogP contribution is 2.28. The molecule has 0 saturated heterocycles. The van der Waals surface area contributed by atoms with Gasteiger partial charge in [-0.25, -0.2) is 0 Å². The first-order valence-electron chi connectivity index (χ1n) is 7.79. The summed E-state index contributed by atoms with van der Waals surface area (Å²) in [6.45, 7) is 6.25. The van der Waals surface area contributed by atoms with E-state index in [9.17, 15) is 4.79 Å². The fraction of sp³-hybridized carbons (Fsp3) is 0.588. The number of nitrogens with one attached hydrogen (secondary N) is 1. The van der Waals surface area contributed by atoms with Gasteiger partial charge in [-0.15, -0.1) is 0 Å². The molecule has 0 aromatic heterocycles. The number of nitrogens with zero attached hydrogens (tertiary/aromatic N) is 1. The lowest BCUT2D eigenvalue weighted by Gasteiger charge is -2.28. The van der Waals surface area contributed by atoms with Crippen LogP contribution >= 0.6 is 0 Å². The lowest BCUT2D eigenvalue weighted by atomic mass is 9.96. The van der Waals surface area contributed by atoms with Crippen molar-refractivity contribution in [2.45, 2.75) is 38.6 Å². The molecule has 1 aromatic rings. The van der Waals surface area contributed by atoms with Gasteiger partial charge in [0, 0.05) is 18.8 Å². The fourth-order valence-corrected chi connectivity index (χ4v) is 2.88. The van der Waals surface area contributed by atoms with E-state index >= 15 is 0 Å². The second-order valence-electron chi connectivity index (χ2n) is 5.77. The van der Waals surface area contributed by atoms with Crippen molar-refractivity contribution in [3.8, 4) is 0 Å². The van der Waals surface area contributed by atoms with Crippen LogP contribution in [-0.4, -0.2) is 38.3 Å². The number of anilines is 1. The van der Waals surface area contributed by atoms with Gasteiger partial charge >= 0.3 is 5.97 Å². The van der Waals surface area contributed by atoms with Gasteiger partial charge in [0.1, 0.15) is 5.54 Å². The summed E-state index contributed by atoms with van der Waals surface area (Å²) in [5, 5.41) is 3.11. The Balaban J connectivity index is 1.88. The van der Waals surface area contributed by atoms with Gasteiger partial charge in [0.2, 0.25) is 0 Å². The van der Waals surface area contributed by atoms with Crippen LogP contribution in [0.3, 0.4) is 0 Å². The van der Waals surface area contributed by atoms with Crippen molar-refractivity contribution in [3.63, 3.8) is 0 Å². The highest BCUT2D eigenvalue weighted by molar-refractivity contribution is 5.80. The van der Waals surface area contributed by atoms with Crippen LogP contribution in [0.4, 0.5) is 5.69 Å². The van der Waals surface area contributed by atoms with Crippen molar-refractivity contribution >= 4 is 11.7 Å². The van der Waals surface area contributed by atoms with Crippen LogP contribution in [0.5, 0.6) is 0 Å². The third-order valence-corrected chi connectivity index (χ3v) is 4.37. The Morgan fingerprint density at radius 3 is 2.90 bits per heavy atom. The van der Waals surface area contributed by atoms with E-state index in [4.69, 9.17) is 4.74 Å². The summed E-state index contributed by atoms with van der Waals surface area (Å²) in [7, 11) is 1.82. The number of carbonyl (C=O) groups is 1. The van der Waals surface area contributed by atoms with Crippen LogP contribution in [0.2, 0.25) is 0 Å². The number of likely N-dealkylation sites (N-methyl/N-ethyl adjacent to an activating group) is 1. The average molecular weight is 290 g/mol. The van der Waals surface area contributed by atoms with Gasteiger partial charge in [-0.3, -0.25) is 4.79 Å². The van der Waals surface area contributed by atoms with Gasteiger partial charge in [-0.2, -0.15) is 0 Å². The van der Waals surface area contributed by atoms with E-state index in [2.05, 4.69) is 34.5 Å². The Labute approximate surface area is 127 Å². The molecule has 4 nitrogen and oxygen atoms in total. The van der Waals surface area contributed by atoms with Crippen LogP contribution in [0.15, 0.2) is 24.3 Å². The first-order valence-corrected chi connectivity index (χ1v) is 7.79. The molecule has 0 amide bonds. The molecule has 1 N–H and O–H groups in total. The molecule has 0 fully saturated rings. The van der Waals surface area contributed by atoms with Crippen LogP contribution in [-0.2, 0) is 16.0 Å². The molecule has 1 heterocycles. The van der Waals surface area contributed by atoms with E-state index in [0.29, 0.717) is 6.61 Å². The van der Waals surface area contributed by atoms with E-state index in [1.807, 2.05) is 20.9 Å². The van der Waals surface area contributed by atoms with Crippen molar-refractivity contribution in [2.24, 2.45) is 0 Å². The van der Waals surface area contributed by atoms with Crippen LogP contribution in [0.25, 0.3) is 0 Å². The van der Waals surface area contributed by atoms with E-state index < -0.39 is 5.54 Å². The van der Waals surface area contributed by atoms with Crippen molar-refractivity contribution in [1.82, 2.24) is 5.32 Å². The van der Waals surface area contributed by atoms with Gasteiger partial charge in [0.25, 0.3) is 0 Å². The van der Waals surface area contributed by atoms with E-state index in [0.717, 1.165) is 32.4 Å². The second-order valence-corrected chi connectivity index (χ2v) is 5.77. The summed E-state index contributed by atoms with van der Waals surface area (Å²) in [6, 6.07) is 8.57. The number of fused-ring (bicyclic) bond motifs is 1. The molecule has 21 heavy (non-hydrogen) atoms. The third kappa shape index (κ3) is 3.56. The topological polar surface area (TPSA) is 41.6 Å². The average Bonchev–Trinajstić information content (AvgIpc) is 2.91. The minimum Gasteiger partial charge on any atom is -0.465 e. The number of rotatable bonds is 7. The summed E-state index contributed by atoms with van der Waals surface area (Å²) in [6.07, 6.45) is 2.86. The Morgan fingerprint density at radius 2 is 2.19 bits per heavy atom. The van der Waals surface area contributed by atoms with Crippen molar-refractivity contribution in [2.75, 3.05) is 31.6 Å². The maximum absolute atomic E-state index is 12.0. The zero-order chi connectivity index (χ0) is 15.3. The second kappa shape index (κ2) is 6.94. The fourth-order valence-electron chi connectivity index (χ4n) is 2.88. The maximum Gasteiger partial charge on any atom is 0.326 e. The van der Waals surface area contributed by atoms with Gasteiger partial charge in [-0.1, -0.05) is 18.2 Å². The Hall–Kier alpha value is -1.55. The lowest BCUT2D eigenvalue weighted by Crippen LogP contribution is -2.49. The van der Waals surface area contributed by atoms with Crippen LogP contribution in [0.1, 0.15) is 32.3 Å². The van der Waals surface area contributed by atoms with Crippen LogP contribution < -0.4 is 10.2 Å². The summed E-state index contributed by atoms with van der Waals surface area (Å²) in [4.78, 5) is 14.4. The quantitative estimate of drug-likeness (QED) is 0.783. The molecule has 1 aromatic carbocycles. The summed E-state index contributed by atoms with van der Waals surface area (Å²) < 4.78 is 5.16. The van der Waals surface area contributed by atoms with Gasteiger partial charge < -0.3 is 15.0 Å². The lowest BCUT2D eigenvalue weighted by molar-refractivity contribution is -0.150. The highest BCUT2D eigenvalue weighted by Gasteiger charge is 2.32. The maximum atomic E-state index is 12.0. The Morgan fingerprint density at radius 1 is 1.43 bits per heavy atom. The molecular formula is C17H26N2O2. The number of para-hydroxylation sites is 1. The summed E-state index contributed by atoms with van der Waals surface area (Å²) in [5.74, 6) is -0.158. The highest BCUT2D eigenvalue weighted by atomic mass is 16.5. The predicted octanol–water partition coefficient (Wildman–Crippen LogP) is 2.37.